The van der Waals surface area contributed by atoms with Crippen LogP contribution in [0.25, 0.3) is 0 Å². The molecule has 0 aliphatic rings. The molecule has 3 N–H and O–H groups in total. The van der Waals surface area contributed by atoms with E-state index in [-0.39, 0.29) is 5.54 Å². The molecule has 1 aromatic rings. The number of ether oxygens (including phenoxy) is 1. The number of nitrogens with one attached hydrogen (secondary N) is 1. The van der Waals surface area contributed by atoms with E-state index < -0.39 is 0 Å². The maximum absolute atomic E-state index is 5.77. The Labute approximate surface area is 113 Å². The second kappa shape index (κ2) is 5.58. The Hall–Kier alpha value is -1.27. The van der Waals surface area contributed by atoms with Gasteiger partial charge in [0.2, 0.25) is 0 Å². The van der Waals surface area contributed by atoms with Crippen molar-refractivity contribution in [3.8, 4) is 0 Å². The number of hydrogen-bond donors (Lipinski definition) is 2. The zero-order valence-electron chi connectivity index (χ0n) is 11.5. The first-order valence-electron chi connectivity index (χ1n) is 5.69. The van der Waals surface area contributed by atoms with E-state index >= 15 is 0 Å². The van der Waals surface area contributed by atoms with Crippen LogP contribution in [0.1, 0.15) is 30.7 Å². The van der Waals surface area contributed by atoms with E-state index in [1.807, 2.05) is 27.7 Å². The topological polar surface area (TPSA) is 73.1 Å². The second-order valence-electron chi connectivity index (χ2n) is 4.94. The number of nitrogens with zero attached hydrogens (tertiary/aromatic N) is 2. The largest absolute Gasteiger partial charge is 0.389 e. The summed E-state index contributed by atoms with van der Waals surface area (Å²) in [5.41, 5.74) is 8.03. The van der Waals surface area contributed by atoms with Crippen molar-refractivity contribution in [2.45, 2.75) is 33.2 Å². The van der Waals surface area contributed by atoms with Crippen molar-refractivity contribution in [2.24, 2.45) is 5.73 Å². The Kier molecular flexibility index (Phi) is 4.59. The lowest BCUT2D eigenvalue weighted by Gasteiger charge is -2.27. The number of nitrogens with two attached hydrogens (primary N) is 1. The van der Waals surface area contributed by atoms with Crippen LogP contribution in [0, 0.1) is 13.8 Å². The van der Waals surface area contributed by atoms with E-state index in [0.29, 0.717) is 17.4 Å². The van der Waals surface area contributed by atoms with Gasteiger partial charge >= 0.3 is 0 Å². The monoisotopic (exact) mass is 268 g/mol. The van der Waals surface area contributed by atoms with Gasteiger partial charge in [-0.1, -0.05) is 12.2 Å². The summed E-state index contributed by atoms with van der Waals surface area (Å²) in [5, 5.41) is 11.5. The highest BCUT2D eigenvalue weighted by Gasteiger charge is 2.22. The summed E-state index contributed by atoms with van der Waals surface area (Å²) < 4.78 is 5.16. The van der Waals surface area contributed by atoms with Gasteiger partial charge in [-0.2, -0.15) is 5.10 Å². The Morgan fingerprint density at radius 1 is 1.39 bits per heavy atom. The number of anilines is 1. The minimum atomic E-state index is -0.273. The highest BCUT2D eigenvalue weighted by molar-refractivity contribution is 7.80. The number of aryl methyl sites for hydroxylation is 1. The summed E-state index contributed by atoms with van der Waals surface area (Å²) in [5.74, 6) is 0.604. The quantitative estimate of drug-likeness (QED) is 0.790. The summed E-state index contributed by atoms with van der Waals surface area (Å²) in [6.07, 6.45) is 0. The van der Waals surface area contributed by atoms with E-state index in [2.05, 4.69) is 15.5 Å². The number of aromatic nitrogens is 2. The van der Waals surface area contributed by atoms with Gasteiger partial charge in [0, 0.05) is 7.11 Å². The van der Waals surface area contributed by atoms with E-state index in [1.165, 1.54) is 0 Å². The molecule has 0 atom stereocenters. The molecular formula is C12H20N4OS. The Morgan fingerprint density at radius 3 is 2.50 bits per heavy atom. The Balaban J connectivity index is 3.17. The van der Waals surface area contributed by atoms with Crippen LogP contribution in [0.4, 0.5) is 5.82 Å². The fourth-order valence-corrected chi connectivity index (χ4v) is 1.96. The molecule has 0 bridgehead atoms. The molecule has 1 heterocycles. The van der Waals surface area contributed by atoms with Gasteiger partial charge in [0.05, 0.1) is 23.4 Å². The minimum Gasteiger partial charge on any atom is -0.389 e. The van der Waals surface area contributed by atoms with Crippen molar-refractivity contribution in [2.75, 3.05) is 19.0 Å². The van der Waals surface area contributed by atoms with Crippen LogP contribution in [0.5, 0.6) is 0 Å². The lowest BCUT2D eigenvalue weighted by molar-refractivity contribution is 0.158. The first-order valence-corrected chi connectivity index (χ1v) is 6.10. The number of hydrogen-bond acceptors (Lipinski definition) is 5. The van der Waals surface area contributed by atoms with Crippen molar-refractivity contribution < 1.29 is 4.74 Å². The molecular weight excluding hydrogens is 248 g/mol. The molecule has 0 radical (unpaired) electrons. The van der Waals surface area contributed by atoms with Crippen LogP contribution in [0.15, 0.2) is 0 Å². The molecule has 1 aromatic heterocycles. The highest BCUT2D eigenvalue weighted by Crippen LogP contribution is 2.21. The van der Waals surface area contributed by atoms with Crippen molar-refractivity contribution in [1.29, 1.82) is 0 Å². The molecule has 0 unspecified atom stereocenters. The summed E-state index contributed by atoms with van der Waals surface area (Å²) in [6, 6.07) is 0. The summed E-state index contributed by atoms with van der Waals surface area (Å²) in [4.78, 5) is 0.321. The van der Waals surface area contributed by atoms with E-state index in [0.717, 1.165) is 16.8 Å². The normalized spacial score (nSPS) is 11.4. The van der Waals surface area contributed by atoms with Gasteiger partial charge in [-0.3, -0.25) is 0 Å². The first-order chi connectivity index (χ1) is 8.28. The molecule has 0 spiro atoms. The molecule has 0 saturated heterocycles. The third-order valence-corrected chi connectivity index (χ3v) is 2.87. The number of methoxy groups -OCH3 is 1. The Bertz CT molecular complexity index is 460. The molecule has 0 amide bonds. The maximum Gasteiger partial charge on any atom is 0.159 e. The fourth-order valence-electron chi connectivity index (χ4n) is 1.71. The summed E-state index contributed by atoms with van der Waals surface area (Å²) >= 11 is 5.09. The smallest absolute Gasteiger partial charge is 0.159 e. The minimum absolute atomic E-state index is 0.273. The van der Waals surface area contributed by atoms with E-state index in [9.17, 15) is 0 Å². The average molecular weight is 268 g/mol. The van der Waals surface area contributed by atoms with Crippen molar-refractivity contribution in [3.05, 3.63) is 16.8 Å². The Morgan fingerprint density at radius 2 is 2.00 bits per heavy atom. The van der Waals surface area contributed by atoms with Crippen LogP contribution < -0.4 is 11.1 Å². The lowest BCUT2D eigenvalue weighted by Crippen LogP contribution is -2.37. The fraction of sp³-hybridized carbons (Fsp3) is 0.583. The lowest BCUT2D eigenvalue weighted by atomic mass is 10.0. The van der Waals surface area contributed by atoms with E-state index in [1.54, 1.807) is 7.11 Å². The summed E-state index contributed by atoms with van der Waals surface area (Å²) in [7, 11) is 1.66. The molecule has 5 nitrogen and oxygen atoms in total. The van der Waals surface area contributed by atoms with Crippen molar-refractivity contribution in [1.82, 2.24) is 10.2 Å². The van der Waals surface area contributed by atoms with Gasteiger partial charge in [-0.15, -0.1) is 5.10 Å². The number of rotatable bonds is 5. The molecule has 18 heavy (non-hydrogen) atoms. The standard InChI is InChI=1S/C12H20N4OS/c1-7-8(2)15-16-11(9(7)10(13)18)14-12(3,4)6-17-5/h6H2,1-5H3,(H2,13,18)(H,14,16). The third-order valence-electron chi connectivity index (χ3n) is 2.66. The molecule has 100 valence electrons. The predicted octanol–water partition coefficient (Wildman–Crippen LogP) is 1.56. The van der Waals surface area contributed by atoms with Crippen molar-refractivity contribution in [3.63, 3.8) is 0 Å². The SMILES string of the molecule is COCC(C)(C)Nc1nnc(C)c(C)c1C(N)=S. The van der Waals surface area contributed by atoms with Crippen molar-refractivity contribution >= 4 is 23.0 Å². The van der Waals surface area contributed by atoms with Gasteiger partial charge in [-0.05, 0) is 33.3 Å². The summed E-state index contributed by atoms with van der Waals surface area (Å²) in [6.45, 7) is 8.38. The molecule has 0 aliphatic heterocycles. The van der Waals surface area contributed by atoms with E-state index in [4.69, 9.17) is 22.7 Å². The van der Waals surface area contributed by atoms with Gasteiger partial charge in [0.15, 0.2) is 5.82 Å². The van der Waals surface area contributed by atoms with Gasteiger partial charge < -0.3 is 15.8 Å². The van der Waals surface area contributed by atoms with Crippen LogP contribution in [0.3, 0.4) is 0 Å². The second-order valence-corrected chi connectivity index (χ2v) is 5.38. The first kappa shape index (κ1) is 14.8. The van der Waals surface area contributed by atoms with Crippen LogP contribution in [0.2, 0.25) is 0 Å². The molecule has 0 saturated carbocycles. The van der Waals surface area contributed by atoms with Gasteiger partial charge in [0.1, 0.15) is 4.99 Å². The molecule has 1 rings (SSSR count). The maximum atomic E-state index is 5.77. The van der Waals surface area contributed by atoms with Crippen LogP contribution in [-0.2, 0) is 4.74 Å². The van der Waals surface area contributed by atoms with Gasteiger partial charge in [0.25, 0.3) is 0 Å². The average Bonchev–Trinajstić information content (AvgIpc) is 2.22. The van der Waals surface area contributed by atoms with Crippen LogP contribution >= 0.6 is 12.2 Å². The molecule has 0 fully saturated rings. The zero-order chi connectivity index (χ0) is 13.9. The van der Waals surface area contributed by atoms with Gasteiger partial charge in [-0.25, -0.2) is 0 Å². The van der Waals surface area contributed by atoms with Crippen LogP contribution in [-0.4, -0.2) is 34.4 Å². The molecule has 0 aromatic carbocycles. The number of thiocarbonyl (C=S) groups is 1. The zero-order valence-corrected chi connectivity index (χ0v) is 12.3. The molecule has 0 aliphatic carbocycles. The predicted molar refractivity (Wildman–Crippen MR) is 77.0 cm³/mol. The molecule has 6 heteroatoms. The third kappa shape index (κ3) is 3.36. The highest BCUT2D eigenvalue weighted by atomic mass is 32.1.